The predicted octanol–water partition coefficient (Wildman–Crippen LogP) is 6.23. The van der Waals surface area contributed by atoms with Crippen LogP contribution in [0.2, 0.25) is 0 Å². The summed E-state index contributed by atoms with van der Waals surface area (Å²) in [6.45, 7) is 7.57. The topological polar surface area (TPSA) is 32.7 Å². The fraction of sp³-hybridized carbons (Fsp3) is 0.286. The fourth-order valence-electron chi connectivity index (χ4n) is 4.33. The van der Waals surface area contributed by atoms with E-state index in [2.05, 4.69) is 73.3 Å². The van der Waals surface area contributed by atoms with Gasteiger partial charge in [-0.3, -0.25) is 4.90 Å². The molecule has 3 nitrogen and oxygen atoms in total. The lowest BCUT2D eigenvalue weighted by Gasteiger charge is -2.38. The number of phenolic OH excluding ortho intramolecular Hbond substituents is 1. The van der Waals surface area contributed by atoms with E-state index in [9.17, 15) is 5.11 Å². The Morgan fingerprint density at radius 1 is 0.871 bits per heavy atom. The van der Waals surface area contributed by atoms with Gasteiger partial charge in [0.05, 0.1) is 0 Å². The van der Waals surface area contributed by atoms with Gasteiger partial charge in [-0.2, -0.15) is 0 Å². The molecule has 0 bridgehead atoms. The molecule has 0 spiro atoms. The summed E-state index contributed by atoms with van der Waals surface area (Å²) in [4.78, 5) is 2.43. The van der Waals surface area contributed by atoms with Gasteiger partial charge in [0.25, 0.3) is 0 Å². The summed E-state index contributed by atoms with van der Waals surface area (Å²) in [6.07, 6.45) is 2.36. The summed E-state index contributed by atoms with van der Waals surface area (Å²) in [6, 6.07) is 26.4. The molecule has 0 aliphatic carbocycles. The Morgan fingerprint density at radius 2 is 1.58 bits per heavy atom. The summed E-state index contributed by atoms with van der Waals surface area (Å²) < 4.78 is 6.16. The number of benzene rings is 3. The molecule has 3 aromatic rings. The van der Waals surface area contributed by atoms with Crippen LogP contribution < -0.4 is 4.74 Å². The highest BCUT2D eigenvalue weighted by Gasteiger charge is 2.27. The normalized spacial score (nSPS) is 15.3. The minimum Gasteiger partial charge on any atom is -0.508 e. The predicted molar refractivity (Wildman–Crippen MR) is 128 cm³/mol. The van der Waals surface area contributed by atoms with Gasteiger partial charge in [-0.25, -0.2) is 0 Å². The van der Waals surface area contributed by atoms with Gasteiger partial charge in [-0.1, -0.05) is 68.4 Å². The van der Waals surface area contributed by atoms with Gasteiger partial charge in [-0.05, 0) is 71.5 Å². The lowest BCUT2D eigenvalue weighted by atomic mass is 9.88. The van der Waals surface area contributed by atoms with Crippen LogP contribution >= 0.6 is 0 Å². The number of hydrogen-bond donors (Lipinski definition) is 1. The van der Waals surface area contributed by atoms with Crippen LogP contribution in [0, 0.1) is 0 Å². The zero-order chi connectivity index (χ0) is 21.6. The van der Waals surface area contributed by atoms with E-state index in [4.69, 9.17) is 4.74 Å². The van der Waals surface area contributed by atoms with Gasteiger partial charge in [0, 0.05) is 13.1 Å². The molecule has 1 fully saturated rings. The van der Waals surface area contributed by atoms with Crippen LogP contribution in [0.1, 0.15) is 43.4 Å². The average Bonchev–Trinajstić information content (AvgIpc) is 2.77. The maximum absolute atomic E-state index is 10.1. The van der Waals surface area contributed by atoms with Gasteiger partial charge in [0.15, 0.2) is 0 Å². The van der Waals surface area contributed by atoms with E-state index in [0.717, 1.165) is 48.5 Å². The number of likely N-dealkylation sites (tertiary alicyclic amines) is 1. The highest BCUT2D eigenvalue weighted by Crippen LogP contribution is 2.36. The van der Waals surface area contributed by atoms with Crippen molar-refractivity contribution in [1.29, 1.82) is 0 Å². The first kappa shape index (κ1) is 21.2. The Bertz CT molecular complexity index is 1020. The molecule has 4 rings (SSSR count). The number of aromatic hydroxyl groups is 1. The molecule has 0 radical (unpaired) electrons. The molecule has 160 valence electrons. The number of phenols is 1. The number of hydrogen-bond acceptors (Lipinski definition) is 3. The van der Waals surface area contributed by atoms with E-state index >= 15 is 0 Å². The Morgan fingerprint density at radius 3 is 2.23 bits per heavy atom. The van der Waals surface area contributed by atoms with Gasteiger partial charge < -0.3 is 9.84 Å². The molecule has 3 heteroatoms. The Balaban J connectivity index is 1.65. The second-order valence-corrected chi connectivity index (χ2v) is 8.15. The van der Waals surface area contributed by atoms with E-state index in [1.807, 2.05) is 18.2 Å². The molecule has 31 heavy (non-hydrogen) atoms. The first-order valence-electron chi connectivity index (χ1n) is 11.2. The lowest BCUT2D eigenvalue weighted by Crippen LogP contribution is -2.53. The van der Waals surface area contributed by atoms with Crippen LogP contribution in [0.4, 0.5) is 0 Å². The van der Waals surface area contributed by atoms with Crippen LogP contribution in [0.5, 0.6) is 11.5 Å². The summed E-state index contributed by atoms with van der Waals surface area (Å²) in [5.74, 6) is 1.19. The number of ether oxygens (including phenoxy) is 1. The van der Waals surface area contributed by atoms with E-state index in [1.165, 1.54) is 17.6 Å². The highest BCUT2D eigenvalue weighted by atomic mass is 16.5. The van der Waals surface area contributed by atoms with Crippen molar-refractivity contribution in [2.24, 2.45) is 0 Å². The third-order valence-corrected chi connectivity index (χ3v) is 5.82. The Kier molecular flexibility index (Phi) is 6.73. The van der Waals surface area contributed by atoms with E-state index in [-0.39, 0.29) is 11.9 Å². The minimum atomic E-state index is 0.278. The third kappa shape index (κ3) is 5.00. The van der Waals surface area contributed by atoms with Crippen LogP contribution in [0.15, 0.2) is 78.9 Å². The van der Waals surface area contributed by atoms with Crippen molar-refractivity contribution in [3.8, 4) is 11.5 Å². The first-order chi connectivity index (χ1) is 15.2. The summed E-state index contributed by atoms with van der Waals surface area (Å²) in [5.41, 5.74) is 5.75. The largest absolute Gasteiger partial charge is 0.508 e. The molecular formula is C28H31NO2. The second-order valence-electron chi connectivity index (χ2n) is 8.15. The van der Waals surface area contributed by atoms with Crippen molar-refractivity contribution in [1.82, 2.24) is 4.90 Å². The first-order valence-corrected chi connectivity index (χ1v) is 11.2. The van der Waals surface area contributed by atoms with E-state index in [0.29, 0.717) is 0 Å². The number of nitrogens with zero attached hydrogens (tertiary/aromatic N) is 1. The van der Waals surface area contributed by atoms with Crippen molar-refractivity contribution in [3.05, 3.63) is 95.6 Å². The molecule has 1 N–H and O–H groups in total. The molecular weight excluding hydrogens is 382 g/mol. The van der Waals surface area contributed by atoms with Crippen LogP contribution in [0.3, 0.4) is 0 Å². The maximum atomic E-state index is 10.1. The van der Waals surface area contributed by atoms with Crippen LogP contribution in [-0.2, 0) is 0 Å². The van der Waals surface area contributed by atoms with Gasteiger partial charge in [0.2, 0.25) is 0 Å². The van der Waals surface area contributed by atoms with Crippen molar-refractivity contribution >= 4 is 11.1 Å². The standard InChI is InChI=1S/C28H31NO2/c1-3-17-29-19-26(20-29)31-25-15-13-22(14-16-25)28(23-11-8-12-24(30)18-23)27(4-2)21-9-6-5-7-10-21/h5-16,18,26,30H,3-4,17,19-20H2,1-2H3/b28-27+. The molecule has 0 saturated carbocycles. The van der Waals surface area contributed by atoms with Crippen molar-refractivity contribution in [3.63, 3.8) is 0 Å². The summed E-state index contributed by atoms with van der Waals surface area (Å²) in [5, 5.41) is 10.1. The molecule has 0 unspecified atom stereocenters. The molecule has 1 aliphatic heterocycles. The number of rotatable bonds is 8. The molecule has 1 aliphatic rings. The van der Waals surface area contributed by atoms with Crippen LogP contribution in [-0.4, -0.2) is 35.7 Å². The highest BCUT2D eigenvalue weighted by molar-refractivity contribution is 5.98. The second kappa shape index (κ2) is 9.84. The van der Waals surface area contributed by atoms with Gasteiger partial charge in [-0.15, -0.1) is 0 Å². The SMILES string of the molecule is CCCN1CC(Oc2ccc(/C(=C(/CC)c3ccccc3)c3cccc(O)c3)cc2)C1. The maximum Gasteiger partial charge on any atom is 0.124 e. The lowest BCUT2D eigenvalue weighted by molar-refractivity contribution is 0.0202. The van der Waals surface area contributed by atoms with Gasteiger partial charge in [0.1, 0.15) is 17.6 Å². The molecule has 0 aromatic heterocycles. The number of allylic oxidation sites excluding steroid dienone is 1. The summed E-state index contributed by atoms with van der Waals surface area (Å²) in [7, 11) is 0. The molecule has 3 aromatic carbocycles. The molecule has 0 atom stereocenters. The quantitative estimate of drug-likeness (QED) is 0.444. The third-order valence-electron chi connectivity index (χ3n) is 5.82. The fourth-order valence-corrected chi connectivity index (χ4v) is 4.33. The van der Waals surface area contributed by atoms with Crippen molar-refractivity contribution in [2.45, 2.75) is 32.8 Å². The summed E-state index contributed by atoms with van der Waals surface area (Å²) >= 11 is 0. The van der Waals surface area contributed by atoms with Crippen molar-refractivity contribution < 1.29 is 9.84 Å². The molecule has 1 saturated heterocycles. The molecule has 0 amide bonds. The Hall–Kier alpha value is -3.04. The average molecular weight is 414 g/mol. The zero-order valence-electron chi connectivity index (χ0n) is 18.4. The van der Waals surface area contributed by atoms with Gasteiger partial charge >= 0.3 is 0 Å². The zero-order valence-corrected chi connectivity index (χ0v) is 18.4. The van der Waals surface area contributed by atoms with E-state index < -0.39 is 0 Å². The van der Waals surface area contributed by atoms with Crippen LogP contribution in [0.25, 0.3) is 11.1 Å². The van der Waals surface area contributed by atoms with E-state index in [1.54, 1.807) is 6.07 Å². The minimum absolute atomic E-state index is 0.278. The monoisotopic (exact) mass is 413 g/mol. The molecule has 1 heterocycles. The van der Waals surface area contributed by atoms with Crippen molar-refractivity contribution in [2.75, 3.05) is 19.6 Å². The smallest absolute Gasteiger partial charge is 0.124 e. The Labute approximate surface area is 185 Å².